The molecule has 0 aliphatic rings. The smallest absolute Gasteiger partial charge is 0.172 e. The summed E-state index contributed by atoms with van der Waals surface area (Å²) in [5.74, 6) is 0. The van der Waals surface area contributed by atoms with E-state index < -0.39 is 12.3 Å². The van der Waals surface area contributed by atoms with Crippen molar-refractivity contribution < 1.29 is 9.84 Å². The van der Waals surface area contributed by atoms with E-state index in [9.17, 15) is 0 Å². The largest absolute Gasteiger partial charge is 0.366 e. The molecule has 0 bridgehead atoms. The van der Waals surface area contributed by atoms with E-state index in [1.165, 1.54) is 13.2 Å². The average Bonchev–Trinajstić information content (AvgIpc) is 1.84. The van der Waals surface area contributed by atoms with Crippen LogP contribution in [0.4, 0.5) is 0 Å². The summed E-state index contributed by atoms with van der Waals surface area (Å²) in [4.78, 5) is 0. The third-order valence-electron chi connectivity index (χ3n) is 0.843. The van der Waals surface area contributed by atoms with Crippen LogP contribution in [0.1, 0.15) is 0 Å². The molecule has 8 heavy (non-hydrogen) atoms. The Labute approximate surface area is 48.8 Å². The number of aliphatic hydroxyl groups is 1. The molecule has 48 valence electrons. The van der Waals surface area contributed by atoms with E-state index >= 15 is 0 Å². The summed E-state index contributed by atoms with van der Waals surface area (Å²) >= 11 is 0. The molecular weight excluding hydrogens is 106 g/mol. The molecule has 0 aliphatic carbocycles. The van der Waals surface area contributed by atoms with Gasteiger partial charge in [0.2, 0.25) is 0 Å². The molecule has 0 saturated carbocycles. The highest BCUT2D eigenvalue weighted by molar-refractivity contribution is 4.83. The molecule has 0 rings (SSSR count). The minimum atomic E-state index is -0.924. The second-order valence-corrected chi connectivity index (χ2v) is 1.44. The lowest BCUT2D eigenvalue weighted by Crippen LogP contribution is -2.33. The fraction of sp³-hybridized carbons (Fsp3) is 0.600. The lowest BCUT2D eigenvalue weighted by atomic mass is 10.3. The molecule has 0 aromatic heterocycles. The van der Waals surface area contributed by atoms with Crippen LogP contribution >= 0.6 is 0 Å². The van der Waals surface area contributed by atoms with Gasteiger partial charge in [0.05, 0.1) is 6.04 Å². The normalized spacial score (nSPS) is 17.4. The van der Waals surface area contributed by atoms with Gasteiger partial charge < -0.3 is 15.6 Å². The first kappa shape index (κ1) is 7.62. The van der Waals surface area contributed by atoms with Gasteiger partial charge in [-0.3, -0.25) is 0 Å². The van der Waals surface area contributed by atoms with Gasteiger partial charge in [0, 0.05) is 7.11 Å². The molecule has 3 heteroatoms. The zero-order valence-corrected chi connectivity index (χ0v) is 4.87. The summed E-state index contributed by atoms with van der Waals surface area (Å²) in [5.41, 5.74) is 5.23. The Morgan fingerprint density at radius 2 is 2.38 bits per heavy atom. The summed E-state index contributed by atoms with van der Waals surface area (Å²) in [7, 11) is 1.38. The van der Waals surface area contributed by atoms with Crippen molar-refractivity contribution in [3.63, 3.8) is 0 Å². The maximum Gasteiger partial charge on any atom is 0.172 e. The number of rotatable bonds is 3. The van der Waals surface area contributed by atoms with E-state index in [0.717, 1.165) is 0 Å². The van der Waals surface area contributed by atoms with Crippen LogP contribution in [0, 0.1) is 0 Å². The summed E-state index contributed by atoms with van der Waals surface area (Å²) < 4.78 is 4.46. The predicted octanol–water partition coefficient (Wildman–Crippen LogP) is -0.536. The lowest BCUT2D eigenvalue weighted by molar-refractivity contribution is -0.0801. The summed E-state index contributed by atoms with van der Waals surface area (Å²) in [6, 6.07) is -0.486. The van der Waals surface area contributed by atoms with Crippen LogP contribution in [-0.4, -0.2) is 24.5 Å². The Morgan fingerprint density at radius 1 is 1.88 bits per heavy atom. The van der Waals surface area contributed by atoms with Crippen molar-refractivity contribution in [2.45, 2.75) is 12.3 Å². The van der Waals surface area contributed by atoms with Crippen LogP contribution in [0.15, 0.2) is 12.7 Å². The van der Waals surface area contributed by atoms with E-state index in [-0.39, 0.29) is 0 Å². The first-order chi connectivity index (χ1) is 3.72. The number of nitrogens with two attached hydrogens (primary N) is 1. The van der Waals surface area contributed by atoms with Crippen molar-refractivity contribution in [1.82, 2.24) is 0 Å². The lowest BCUT2D eigenvalue weighted by Gasteiger charge is -2.11. The highest BCUT2D eigenvalue weighted by Crippen LogP contribution is 1.89. The fourth-order valence-corrected chi connectivity index (χ4v) is 0.274. The van der Waals surface area contributed by atoms with Gasteiger partial charge in [-0.05, 0) is 0 Å². The maximum atomic E-state index is 8.71. The number of hydrogen-bond donors (Lipinski definition) is 2. The highest BCUT2D eigenvalue weighted by atomic mass is 16.6. The molecule has 2 atom stereocenters. The SMILES string of the molecule is C=CC(N)C(O)OC. The van der Waals surface area contributed by atoms with Crippen molar-refractivity contribution >= 4 is 0 Å². The van der Waals surface area contributed by atoms with Crippen LogP contribution in [0.25, 0.3) is 0 Å². The Bertz CT molecular complexity index is 74.8. The number of hydrogen-bond acceptors (Lipinski definition) is 3. The number of ether oxygens (including phenoxy) is 1. The maximum absolute atomic E-state index is 8.71. The van der Waals surface area contributed by atoms with Gasteiger partial charge in [0.25, 0.3) is 0 Å². The van der Waals surface area contributed by atoms with E-state index in [2.05, 4.69) is 11.3 Å². The molecule has 0 heterocycles. The molecule has 0 amide bonds. The zero-order valence-electron chi connectivity index (χ0n) is 4.87. The average molecular weight is 117 g/mol. The van der Waals surface area contributed by atoms with E-state index in [4.69, 9.17) is 10.8 Å². The predicted molar refractivity (Wildman–Crippen MR) is 31.2 cm³/mol. The third kappa shape index (κ3) is 2.07. The first-order valence-corrected chi connectivity index (χ1v) is 2.31. The topological polar surface area (TPSA) is 55.5 Å². The zero-order chi connectivity index (χ0) is 6.57. The minimum Gasteiger partial charge on any atom is -0.366 e. The Morgan fingerprint density at radius 3 is 2.50 bits per heavy atom. The molecule has 3 nitrogen and oxygen atoms in total. The molecule has 2 unspecified atom stereocenters. The Kier molecular flexibility index (Phi) is 3.43. The molecular formula is C5H11NO2. The van der Waals surface area contributed by atoms with Gasteiger partial charge in [-0.25, -0.2) is 0 Å². The third-order valence-corrected chi connectivity index (χ3v) is 0.843. The summed E-state index contributed by atoms with van der Waals surface area (Å²) in [6.45, 7) is 3.36. The molecule has 0 aliphatic heterocycles. The van der Waals surface area contributed by atoms with Crippen LogP contribution < -0.4 is 5.73 Å². The van der Waals surface area contributed by atoms with E-state index in [0.29, 0.717) is 0 Å². The molecule has 0 saturated heterocycles. The molecule has 0 aromatic rings. The number of aliphatic hydroxyl groups excluding tert-OH is 1. The molecule has 0 fully saturated rings. The fourth-order valence-electron chi connectivity index (χ4n) is 0.274. The second kappa shape index (κ2) is 3.60. The van der Waals surface area contributed by atoms with Crippen molar-refractivity contribution in [2.75, 3.05) is 7.11 Å². The minimum absolute atomic E-state index is 0.486. The van der Waals surface area contributed by atoms with Crippen molar-refractivity contribution in [3.05, 3.63) is 12.7 Å². The second-order valence-electron chi connectivity index (χ2n) is 1.44. The summed E-state index contributed by atoms with van der Waals surface area (Å²) in [6.07, 6.45) is 0.501. The van der Waals surface area contributed by atoms with E-state index in [1.807, 2.05) is 0 Å². The first-order valence-electron chi connectivity index (χ1n) is 2.31. The van der Waals surface area contributed by atoms with Gasteiger partial charge in [-0.1, -0.05) is 6.08 Å². The van der Waals surface area contributed by atoms with Gasteiger partial charge >= 0.3 is 0 Å². The van der Waals surface area contributed by atoms with Gasteiger partial charge in [0.1, 0.15) is 0 Å². The van der Waals surface area contributed by atoms with Crippen LogP contribution in [0.5, 0.6) is 0 Å². The van der Waals surface area contributed by atoms with Crippen molar-refractivity contribution in [1.29, 1.82) is 0 Å². The number of methoxy groups -OCH3 is 1. The van der Waals surface area contributed by atoms with Gasteiger partial charge in [-0.15, -0.1) is 6.58 Å². The van der Waals surface area contributed by atoms with Gasteiger partial charge in [-0.2, -0.15) is 0 Å². The van der Waals surface area contributed by atoms with Crippen LogP contribution in [-0.2, 0) is 4.74 Å². The molecule has 3 N–H and O–H groups in total. The highest BCUT2D eigenvalue weighted by Gasteiger charge is 2.07. The molecule has 0 radical (unpaired) electrons. The van der Waals surface area contributed by atoms with Crippen molar-refractivity contribution in [2.24, 2.45) is 5.73 Å². The van der Waals surface area contributed by atoms with Crippen molar-refractivity contribution in [3.8, 4) is 0 Å². The monoisotopic (exact) mass is 117 g/mol. The molecule has 0 spiro atoms. The van der Waals surface area contributed by atoms with Gasteiger partial charge in [0.15, 0.2) is 6.29 Å². The van der Waals surface area contributed by atoms with Crippen LogP contribution in [0.3, 0.4) is 0 Å². The van der Waals surface area contributed by atoms with Crippen LogP contribution in [0.2, 0.25) is 0 Å². The Balaban J connectivity index is 3.44. The quantitative estimate of drug-likeness (QED) is 0.385. The standard InChI is InChI=1S/C5H11NO2/c1-3-4(6)5(7)8-2/h3-5,7H,1,6H2,2H3. The summed E-state index contributed by atoms with van der Waals surface area (Å²) in [5, 5.41) is 8.71. The van der Waals surface area contributed by atoms with E-state index in [1.54, 1.807) is 0 Å². The molecule has 0 aromatic carbocycles. The Hall–Kier alpha value is -0.380.